The summed E-state index contributed by atoms with van der Waals surface area (Å²) in [6, 6.07) is 72.2. The maximum absolute atomic E-state index is 5.39. The summed E-state index contributed by atoms with van der Waals surface area (Å²) in [6.07, 6.45) is 9.50. The van der Waals surface area contributed by atoms with E-state index in [0.29, 0.717) is 0 Å². The summed E-state index contributed by atoms with van der Waals surface area (Å²) >= 11 is 1.92. The van der Waals surface area contributed by atoms with Gasteiger partial charge >= 0.3 is 0 Å². The van der Waals surface area contributed by atoms with Gasteiger partial charge in [0.1, 0.15) is 0 Å². The molecule has 10 aromatic rings. The molecule has 14 rings (SSSR count). The molecule has 0 saturated heterocycles. The van der Waals surface area contributed by atoms with E-state index in [2.05, 4.69) is 225 Å². The van der Waals surface area contributed by atoms with E-state index in [9.17, 15) is 0 Å². The van der Waals surface area contributed by atoms with E-state index in [-0.39, 0.29) is 11.3 Å². The van der Waals surface area contributed by atoms with Gasteiger partial charge in [0.25, 0.3) is 0 Å². The Kier molecular flexibility index (Phi) is 7.35. The Morgan fingerprint density at radius 2 is 1.03 bits per heavy atom. The van der Waals surface area contributed by atoms with E-state index in [4.69, 9.17) is 9.97 Å². The molecule has 300 valence electrons. The third kappa shape index (κ3) is 4.49. The number of fused-ring (bicyclic) bond motifs is 20. The molecular formula is C61H40N2S. The third-order valence-corrected chi connectivity index (χ3v) is 16.4. The third-order valence-electron chi connectivity index (χ3n) is 15.2. The Labute approximate surface area is 376 Å². The molecule has 8 aromatic carbocycles. The summed E-state index contributed by atoms with van der Waals surface area (Å²) < 4.78 is 2.65. The molecule has 0 aliphatic heterocycles. The van der Waals surface area contributed by atoms with E-state index in [1.54, 1.807) is 0 Å². The van der Waals surface area contributed by atoms with Crippen molar-refractivity contribution in [1.29, 1.82) is 0 Å². The van der Waals surface area contributed by atoms with Gasteiger partial charge in [-0.25, -0.2) is 9.97 Å². The van der Waals surface area contributed by atoms with Crippen LogP contribution in [0.25, 0.3) is 65.2 Å². The van der Waals surface area contributed by atoms with Crippen LogP contribution in [0.3, 0.4) is 0 Å². The molecule has 4 aliphatic carbocycles. The highest BCUT2D eigenvalue weighted by Gasteiger charge is 2.64. The highest BCUT2D eigenvalue weighted by Crippen LogP contribution is 2.70. The fraction of sp³-hybridized carbons (Fsp3) is 0.0820. The Balaban J connectivity index is 1.11. The summed E-state index contributed by atoms with van der Waals surface area (Å²) in [4.78, 5) is 10.8. The van der Waals surface area contributed by atoms with Crippen LogP contribution in [0.5, 0.6) is 0 Å². The van der Waals surface area contributed by atoms with Crippen molar-refractivity contribution < 1.29 is 0 Å². The molecule has 2 aromatic heterocycles. The number of hydrogen-bond acceptors (Lipinski definition) is 3. The number of thiophene rings is 1. The number of hydrogen-bond donors (Lipinski definition) is 0. The first-order chi connectivity index (χ1) is 31.6. The largest absolute Gasteiger partial charge is 0.228 e. The van der Waals surface area contributed by atoms with Crippen LogP contribution in [-0.2, 0) is 16.2 Å². The van der Waals surface area contributed by atoms with E-state index in [0.717, 1.165) is 33.9 Å². The van der Waals surface area contributed by atoms with Crippen LogP contribution in [0.1, 0.15) is 51.4 Å². The highest BCUT2D eigenvalue weighted by atomic mass is 32.1. The SMILES string of the molecule is CC12C=CC=CC1C1(c3ccccc3C3(c4cc(-c5nc(-c6ccccc6)cc(-c6ccccc6)n5)ccc4-c4c3ccc3c4sc4ccccc43)c3ccccc31)c1ccccc12. The zero-order chi connectivity index (χ0) is 42.2. The normalized spacial score (nSPS) is 21.7. The van der Waals surface area contributed by atoms with Gasteiger partial charge in [-0.3, -0.25) is 0 Å². The molecule has 2 spiro atoms. The van der Waals surface area contributed by atoms with E-state index < -0.39 is 10.8 Å². The van der Waals surface area contributed by atoms with Gasteiger partial charge in [0.05, 0.1) is 22.2 Å². The van der Waals surface area contributed by atoms with E-state index >= 15 is 0 Å². The standard InChI is InChI=1S/C61H40N2S/c1-59-35-17-16-30-55(59)61(45-24-10-9-23-44(45)59)48-27-13-11-25-46(48)60(47-26-12-14-28-49(47)61)50-34-33-42-41-22-8-15-29-54(41)64-57(42)56(50)43-32-31-40(36-51(43)60)58-62-52(38-18-4-2-5-19-38)37-53(63-58)39-20-6-3-7-21-39/h2-37,55H,1H3. The first-order valence-corrected chi connectivity index (χ1v) is 23.2. The Morgan fingerprint density at radius 1 is 0.453 bits per heavy atom. The second-order valence-corrected chi connectivity index (χ2v) is 19.2. The average molecular weight is 833 g/mol. The van der Waals surface area contributed by atoms with Crippen LogP contribution in [0.2, 0.25) is 0 Å². The molecule has 2 nitrogen and oxygen atoms in total. The van der Waals surface area contributed by atoms with Crippen LogP contribution >= 0.6 is 11.3 Å². The summed E-state index contributed by atoms with van der Waals surface area (Å²) in [5, 5.41) is 2.62. The van der Waals surface area contributed by atoms with Crippen molar-refractivity contribution in [3.05, 3.63) is 263 Å². The van der Waals surface area contributed by atoms with E-state index in [1.807, 2.05) is 11.3 Å². The minimum Gasteiger partial charge on any atom is -0.228 e. The van der Waals surface area contributed by atoms with Crippen LogP contribution in [0.15, 0.2) is 218 Å². The lowest BCUT2D eigenvalue weighted by Gasteiger charge is -2.51. The highest BCUT2D eigenvalue weighted by molar-refractivity contribution is 7.26. The zero-order valence-electron chi connectivity index (χ0n) is 35.2. The molecule has 2 heterocycles. The van der Waals surface area contributed by atoms with Gasteiger partial charge in [-0.2, -0.15) is 0 Å². The topological polar surface area (TPSA) is 25.8 Å². The van der Waals surface area contributed by atoms with Crippen LogP contribution in [0, 0.1) is 5.92 Å². The molecule has 2 atom stereocenters. The zero-order valence-corrected chi connectivity index (χ0v) is 36.0. The van der Waals surface area contributed by atoms with Gasteiger partial charge in [0, 0.05) is 53.8 Å². The maximum Gasteiger partial charge on any atom is 0.160 e. The van der Waals surface area contributed by atoms with Crippen LogP contribution < -0.4 is 0 Å². The van der Waals surface area contributed by atoms with Crippen molar-refractivity contribution in [2.45, 2.75) is 23.2 Å². The molecule has 0 amide bonds. The van der Waals surface area contributed by atoms with Crippen molar-refractivity contribution >= 4 is 31.5 Å². The minimum atomic E-state index is -0.634. The molecule has 2 unspecified atom stereocenters. The fourth-order valence-electron chi connectivity index (χ4n) is 12.7. The lowest BCUT2D eigenvalue weighted by molar-refractivity contribution is 0.354. The molecule has 64 heavy (non-hydrogen) atoms. The van der Waals surface area contributed by atoms with Gasteiger partial charge < -0.3 is 0 Å². The van der Waals surface area contributed by atoms with Crippen molar-refractivity contribution in [2.24, 2.45) is 5.92 Å². The van der Waals surface area contributed by atoms with Crippen molar-refractivity contribution in [1.82, 2.24) is 9.97 Å². The summed E-state index contributed by atoms with van der Waals surface area (Å²) in [5.74, 6) is 0.888. The number of rotatable bonds is 3. The van der Waals surface area contributed by atoms with Crippen molar-refractivity contribution in [2.75, 3.05) is 0 Å². The summed E-state index contributed by atoms with van der Waals surface area (Å²) in [6.45, 7) is 2.46. The first kappa shape index (κ1) is 36.1. The van der Waals surface area contributed by atoms with Crippen LogP contribution in [0.4, 0.5) is 0 Å². The molecule has 4 aliphatic rings. The second-order valence-electron chi connectivity index (χ2n) is 18.1. The van der Waals surface area contributed by atoms with E-state index in [1.165, 1.54) is 75.8 Å². The molecule has 0 bridgehead atoms. The maximum atomic E-state index is 5.39. The average Bonchev–Trinajstić information content (AvgIpc) is 3.97. The number of allylic oxidation sites excluding steroid dienone is 4. The van der Waals surface area contributed by atoms with Gasteiger partial charge in [0.2, 0.25) is 0 Å². The summed E-state index contributed by atoms with van der Waals surface area (Å²) in [7, 11) is 0. The van der Waals surface area contributed by atoms with Gasteiger partial charge in [0.15, 0.2) is 5.82 Å². The van der Waals surface area contributed by atoms with Gasteiger partial charge in [-0.05, 0) is 68.3 Å². The number of benzene rings is 8. The Morgan fingerprint density at radius 3 is 1.70 bits per heavy atom. The monoisotopic (exact) mass is 832 g/mol. The van der Waals surface area contributed by atoms with Gasteiger partial charge in [-0.15, -0.1) is 11.3 Å². The molecule has 0 N–H and O–H groups in total. The number of nitrogens with zero attached hydrogens (tertiary/aromatic N) is 2. The van der Waals surface area contributed by atoms with Crippen molar-refractivity contribution in [3.8, 4) is 45.0 Å². The predicted octanol–water partition coefficient (Wildman–Crippen LogP) is 14.9. The number of aromatic nitrogens is 2. The second kappa shape index (κ2) is 13.0. The fourth-order valence-corrected chi connectivity index (χ4v) is 13.9. The van der Waals surface area contributed by atoms with Gasteiger partial charge in [-0.1, -0.05) is 207 Å². The molecule has 3 heteroatoms. The molecule has 0 radical (unpaired) electrons. The Bertz CT molecular complexity index is 3550. The smallest absolute Gasteiger partial charge is 0.160 e. The lowest BCUT2D eigenvalue weighted by Crippen LogP contribution is -2.48. The quantitative estimate of drug-likeness (QED) is 0.177. The first-order valence-electron chi connectivity index (χ1n) is 22.4. The van der Waals surface area contributed by atoms with Crippen LogP contribution in [-0.4, -0.2) is 9.97 Å². The molecular weight excluding hydrogens is 793 g/mol. The van der Waals surface area contributed by atoms with Crippen molar-refractivity contribution in [3.63, 3.8) is 0 Å². The Hall–Kier alpha value is -7.46. The summed E-state index contributed by atoms with van der Waals surface area (Å²) in [5.41, 5.74) is 17.2. The minimum absolute atomic E-state index is 0.171. The molecule has 0 saturated carbocycles. The molecule has 0 fully saturated rings. The lowest BCUT2D eigenvalue weighted by atomic mass is 9.50. The predicted molar refractivity (Wildman–Crippen MR) is 264 cm³/mol.